The van der Waals surface area contributed by atoms with Gasteiger partial charge in [0.25, 0.3) is 0 Å². The average Bonchev–Trinajstić information content (AvgIpc) is 2.48. The number of rotatable bonds is 6. The summed E-state index contributed by atoms with van der Waals surface area (Å²) in [4.78, 5) is 2.50. The van der Waals surface area contributed by atoms with Crippen molar-refractivity contribution in [3.63, 3.8) is 0 Å². The Morgan fingerprint density at radius 1 is 1.25 bits per heavy atom. The van der Waals surface area contributed by atoms with Gasteiger partial charge in [0.1, 0.15) is 5.75 Å². The molecule has 0 aromatic heterocycles. The highest BCUT2D eigenvalue weighted by molar-refractivity contribution is 5.39. The predicted octanol–water partition coefficient (Wildman–Crippen LogP) is 4.37. The number of benzene rings is 1. The SMILES string of the molecule is CCC(C)(C)c1ccc(CC(C)CN2C[C@@H](C)O[C@@H](C)C2)c(O)c1. The van der Waals surface area contributed by atoms with Gasteiger partial charge in [0.15, 0.2) is 0 Å². The fourth-order valence-corrected chi connectivity index (χ4v) is 3.68. The lowest BCUT2D eigenvalue weighted by Crippen LogP contribution is -2.47. The monoisotopic (exact) mass is 333 g/mol. The maximum absolute atomic E-state index is 10.5. The van der Waals surface area contributed by atoms with Crippen molar-refractivity contribution in [3.05, 3.63) is 29.3 Å². The van der Waals surface area contributed by atoms with E-state index < -0.39 is 0 Å². The third kappa shape index (κ3) is 4.97. The minimum absolute atomic E-state index is 0.113. The van der Waals surface area contributed by atoms with Gasteiger partial charge in [-0.25, -0.2) is 0 Å². The molecule has 1 aromatic carbocycles. The second-order valence-corrected chi connectivity index (χ2v) is 8.37. The summed E-state index contributed by atoms with van der Waals surface area (Å²) < 4.78 is 5.81. The Labute approximate surface area is 148 Å². The first-order chi connectivity index (χ1) is 11.2. The van der Waals surface area contributed by atoms with E-state index in [1.165, 1.54) is 5.56 Å². The van der Waals surface area contributed by atoms with Gasteiger partial charge in [-0.05, 0) is 55.2 Å². The Hall–Kier alpha value is -1.06. The molecule has 1 aromatic rings. The van der Waals surface area contributed by atoms with E-state index in [1.807, 2.05) is 6.07 Å². The van der Waals surface area contributed by atoms with Crippen LogP contribution in [0.2, 0.25) is 0 Å². The minimum Gasteiger partial charge on any atom is -0.508 e. The molecule has 1 aliphatic heterocycles. The van der Waals surface area contributed by atoms with Crippen molar-refractivity contribution in [2.75, 3.05) is 19.6 Å². The molecular weight excluding hydrogens is 298 g/mol. The zero-order valence-electron chi connectivity index (χ0n) is 16.3. The van der Waals surface area contributed by atoms with Crippen molar-refractivity contribution >= 4 is 0 Å². The highest BCUT2D eigenvalue weighted by Gasteiger charge is 2.24. The van der Waals surface area contributed by atoms with Crippen molar-refractivity contribution < 1.29 is 9.84 Å². The molecule has 2 rings (SSSR count). The number of morpholine rings is 1. The van der Waals surface area contributed by atoms with E-state index in [0.717, 1.165) is 38.0 Å². The van der Waals surface area contributed by atoms with Crippen LogP contribution in [0.5, 0.6) is 5.75 Å². The van der Waals surface area contributed by atoms with Gasteiger partial charge in [0, 0.05) is 19.6 Å². The second kappa shape index (κ2) is 7.88. The van der Waals surface area contributed by atoms with Crippen LogP contribution in [0.3, 0.4) is 0 Å². The maximum Gasteiger partial charge on any atom is 0.119 e. The summed E-state index contributed by atoms with van der Waals surface area (Å²) in [7, 11) is 0. The summed E-state index contributed by atoms with van der Waals surface area (Å²) >= 11 is 0. The first-order valence-corrected chi connectivity index (χ1v) is 9.41. The van der Waals surface area contributed by atoms with Crippen LogP contribution in [-0.4, -0.2) is 41.8 Å². The first-order valence-electron chi connectivity index (χ1n) is 9.41. The van der Waals surface area contributed by atoms with Gasteiger partial charge in [0.2, 0.25) is 0 Å². The van der Waals surface area contributed by atoms with Crippen LogP contribution in [0.25, 0.3) is 0 Å². The Kier molecular flexibility index (Phi) is 6.33. The van der Waals surface area contributed by atoms with E-state index in [-0.39, 0.29) is 5.41 Å². The number of hydrogen-bond donors (Lipinski definition) is 1. The second-order valence-electron chi connectivity index (χ2n) is 8.37. The van der Waals surface area contributed by atoms with Crippen LogP contribution in [0, 0.1) is 5.92 Å². The summed E-state index contributed by atoms with van der Waals surface area (Å²) in [6, 6.07) is 6.26. The molecule has 136 valence electrons. The number of ether oxygens (including phenoxy) is 1. The summed E-state index contributed by atoms with van der Waals surface area (Å²) in [6.45, 7) is 16.3. The lowest BCUT2D eigenvalue weighted by molar-refractivity contribution is -0.0709. The Morgan fingerprint density at radius 3 is 2.42 bits per heavy atom. The molecule has 1 N–H and O–H groups in total. The van der Waals surface area contributed by atoms with Crippen LogP contribution in [0.4, 0.5) is 0 Å². The van der Waals surface area contributed by atoms with Gasteiger partial charge in [-0.1, -0.05) is 39.8 Å². The van der Waals surface area contributed by atoms with Gasteiger partial charge in [-0.2, -0.15) is 0 Å². The molecule has 0 aliphatic carbocycles. The van der Waals surface area contributed by atoms with E-state index in [4.69, 9.17) is 4.74 Å². The third-order valence-electron chi connectivity index (χ3n) is 5.38. The molecule has 3 heteroatoms. The van der Waals surface area contributed by atoms with E-state index >= 15 is 0 Å². The van der Waals surface area contributed by atoms with Crippen molar-refractivity contribution in [1.29, 1.82) is 0 Å². The molecule has 3 nitrogen and oxygen atoms in total. The zero-order chi connectivity index (χ0) is 17.9. The largest absolute Gasteiger partial charge is 0.508 e. The smallest absolute Gasteiger partial charge is 0.119 e. The van der Waals surface area contributed by atoms with Crippen molar-refractivity contribution in [2.45, 2.75) is 72.0 Å². The van der Waals surface area contributed by atoms with Gasteiger partial charge in [0.05, 0.1) is 12.2 Å². The molecule has 1 saturated heterocycles. The molecule has 1 fully saturated rings. The number of phenolic OH excluding ortho intramolecular Hbond substituents is 1. The summed E-state index contributed by atoms with van der Waals surface area (Å²) in [6.07, 6.45) is 2.60. The standard InChI is InChI=1S/C21H35NO2/c1-7-21(5,6)19-9-8-18(20(23)11-19)10-15(2)12-22-13-16(3)24-17(4)14-22/h8-9,11,15-17,23H,7,10,12-14H2,1-6H3/t15?,16-,17+. The lowest BCUT2D eigenvalue weighted by Gasteiger charge is -2.36. The summed E-state index contributed by atoms with van der Waals surface area (Å²) in [5.74, 6) is 0.961. The van der Waals surface area contributed by atoms with Gasteiger partial charge >= 0.3 is 0 Å². The molecule has 0 saturated carbocycles. The van der Waals surface area contributed by atoms with Gasteiger partial charge in [-0.3, -0.25) is 4.90 Å². The average molecular weight is 334 g/mol. The predicted molar refractivity (Wildman–Crippen MR) is 101 cm³/mol. The third-order valence-corrected chi connectivity index (χ3v) is 5.38. The van der Waals surface area contributed by atoms with Crippen molar-refractivity contribution in [2.24, 2.45) is 5.92 Å². The van der Waals surface area contributed by atoms with Crippen LogP contribution in [0.1, 0.15) is 59.1 Å². The summed E-state index contributed by atoms with van der Waals surface area (Å²) in [5.41, 5.74) is 2.39. The van der Waals surface area contributed by atoms with Gasteiger partial charge in [-0.15, -0.1) is 0 Å². The molecule has 0 amide bonds. The molecule has 0 bridgehead atoms. The van der Waals surface area contributed by atoms with E-state index in [0.29, 0.717) is 23.9 Å². The van der Waals surface area contributed by atoms with Crippen molar-refractivity contribution in [1.82, 2.24) is 4.90 Å². The van der Waals surface area contributed by atoms with Gasteiger partial charge < -0.3 is 9.84 Å². The highest BCUT2D eigenvalue weighted by atomic mass is 16.5. The number of nitrogens with zero attached hydrogens (tertiary/aromatic N) is 1. The van der Waals surface area contributed by atoms with Crippen LogP contribution in [-0.2, 0) is 16.6 Å². The highest BCUT2D eigenvalue weighted by Crippen LogP contribution is 2.31. The fraction of sp³-hybridized carbons (Fsp3) is 0.714. The lowest BCUT2D eigenvalue weighted by atomic mass is 9.81. The maximum atomic E-state index is 10.5. The molecular formula is C21H35NO2. The van der Waals surface area contributed by atoms with Crippen LogP contribution in [0.15, 0.2) is 18.2 Å². The molecule has 0 spiro atoms. The quantitative estimate of drug-likeness (QED) is 0.839. The fourth-order valence-electron chi connectivity index (χ4n) is 3.68. The Morgan fingerprint density at radius 2 is 1.88 bits per heavy atom. The Balaban J connectivity index is 1.97. The first kappa shape index (κ1) is 19.3. The minimum atomic E-state index is 0.113. The van der Waals surface area contributed by atoms with E-state index in [1.54, 1.807) is 0 Å². The topological polar surface area (TPSA) is 32.7 Å². The molecule has 1 unspecified atom stereocenters. The van der Waals surface area contributed by atoms with Crippen molar-refractivity contribution in [3.8, 4) is 5.75 Å². The zero-order valence-corrected chi connectivity index (χ0v) is 16.3. The summed E-state index contributed by atoms with van der Waals surface area (Å²) in [5, 5.41) is 10.5. The van der Waals surface area contributed by atoms with Crippen LogP contribution < -0.4 is 0 Å². The Bertz CT molecular complexity index is 531. The van der Waals surface area contributed by atoms with E-state index in [9.17, 15) is 5.11 Å². The molecule has 3 atom stereocenters. The van der Waals surface area contributed by atoms with Crippen LogP contribution >= 0.6 is 0 Å². The molecule has 0 radical (unpaired) electrons. The molecule has 1 aliphatic rings. The number of phenols is 1. The molecule has 1 heterocycles. The normalized spacial score (nSPS) is 24.1. The number of aromatic hydroxyl groups is 1. The number of hydrogen-bond acceptors (Lipinski definition) is 3. The van der Waals surface area contributed by atoms with E-state index in [2.05, 4.69) is 58.6 Å². The molecule has 24 heavy (non-hydrogen) atoms.